The summed E-state index contributed by atoms with van der Waals surface area (Å²) in [5.74, 6) is -0.614. The number of methoxy groups -OCH3 is 3. The first-order chi connectivity index (χ1) is 17.2. The molecule has 37 heavy (non-hydrogen) atoms. The Kier molecular flexibility index (Phi) is 11.4. The molecule has 0 saturated heterocycles. The monoisotopic (exact) mass is 778 g/mol. The van der Waals surface area contributed by atoms with E-state index in [2.05, 4.69) is 55.8 Å². The number of rotatable bonds is 8. The van der Waals surface area contributed by atoms with Crippen LogP contribution in [0.5, 0.6) is 11.5 Å². The van der Waals surface area contributed by atoms with Crippen molar-refractivity contribution in [3.05, 3.63) is 52.6 Å². The third kappa shape index (κ3) is 8.39. The number of benzene rings is 2. The summed E-state index contributed by atoms with van der Waals surface area (Å²) in [7, 11) is 4.14. The second-order valence-electron chi connectivity index (χ2n) is 8.58. The lowest BCUT2D eigenvalue weighted by atomic mass is 10.0. The van der Waals surface area contributed by atoms with Gasteiger partial charge in [0.05, 0.1) is 38.5 Å². The van der Waals surface area contributed by atoms with Crippen LogP contribution in [0.25, 0.3) is 0 Å². The van der Waals surface area contributed by atoms with Crippen LogP contribution < -0.4 is 20.1 Å². The molecule has 2 aromatic carbocycles. The Morgan fingerprint density at radius 1 is 0.811 bits per heavy atom. The predicted octanol–water partition coefficient (Wildman–Crippen LogP) is 5.82. The van der Waals surface area contributed by atoms with E-state index in [1.165, 1.54) is 33.5 Å². The van der Waals surface area contributed by atoms with Crippen molar-refractivity contribution in [3.63, 3.8) is 0 Å². The van der Waals surface area contributed by atoms with Gasteiger partial charge in [0.2, 0.25) is 5.91 Å². The summed E-state index contributed by atoms with van der Waals surface area (Å²) in [6.45, 7) is 5.05. The van der Waals surface area contributed by atoms with Crippen molar-refractivity contribution in [3.8, 4) is 11.5 Å². The van der Waals surface area contributed by atoms with Crippen LogP contribution in [-0.2, 0) is 19.1 Å². The first-order valence-corrected chi connectivity index (χ1v) is 13.6. The van der Waals surface area contributed by atoms with Gasteiger partial charge in [-0.15, -0.1) is 0 Å². The molecule has 0 heterocycles. The van der Waals surface area contributed by atoms with Crippen LogP contribution in [0.15, 0.2) is 24.3 Å². The number of ether oxygens (including phenoxy) is 4. The molecule has 0 radical (unpaired) electrons. The number of hydrogen-bond donors (Lipinski definition) is 2. The number of halogens is 4. The molecule has 2 atom stereocenters. The van der Waals surface area contributed by atoms with Crippen molar-refractivity contribution in [2.45, 2.75) is 38.5 Å². The van der Waals surface area contributed by atoms with Crippen LogP contribution in [0.2, 0.25) is 10.0 Å². The molecule has 0 fully saturated rings. The summed E-state index contributed by atoms with van der Waals surface area (Å²) in [6, 6.07) is 3.72. The normalized spacial score (nSPS) is 12.7. The molecule has 13 heteroatoms. The van der Waals surface area contributed by atoms with Gasteiger partial charge in [-0.2, -0.15) is 0 Å². The van der Waals surface area contributed by atoms with Crippen LogP contribution >= 0.6 is 68.4 Å². The van der Waals surface area contributed by atoms with Gasteiger partial charge in [0.25, 0.3) is 0 Å². The molecular formula is C24H26Cl2I2N2O7. The zero-order valence-corrected chi connectivity index (χ0v) is 26.7. The Balaban J connectivity index is 2.53. The Labute approximate surface area is 252 Å². The SMILES string of the molecule is COC(=O)[C@H](NC(=O)[C@H](NC(=O)OC(C)(C)C)c1cc(Cl)c(OC)c(Cl)c1)c1cc(I)c(OC)c(I)c1. The quantitative estimate of drug-likeness (QED) is 0.257. The van der Waals surface area contributed by atoms with Gasteiger partial charge >= 0.3 is 12.1 Å². The van der Waals surface area contributed by atoms with E-state index >= 15 is 0 Å². The van der Waals surface area contributed by atoms with Crippen LogP contribution in [0.3, 0.4) is 0 Å². The van der Waals surface area contributed by atoms with Crippen LogP contribution in [-0.4, -0.2) is 44.9 Å². The Hall–Kier alpha value is -1.71. The average Bonchev–Trinajstić information content (AvgIpc) is 2.78. The number of carbonyl (C=O) groups excluding carboxylic acids is 3. The van der Waals surface area contributed by atoms with Crippen molar-refractivity contribution in [2.24, 2.45) is 0 Å². The van der Waals surface area contributed by atoms with Gasteiger partial charge in [-0.1, -0.05) is 23.2 Å². The number of carbonyl (C=O) groups is 3. The Morgan fingerprint density at radius 2 is 1.30 bits per heavy atom. The summed E-state index contributed by atoms with van der Waals surface area (Å²) in [6.07, 6.45) is -0.862. The average molecular weight is 779 g/mol. The molecule has 2 N–H and O–H groups in total. The largest absolute Gasteiger partial charge is 0.495 e. The van der Waals surface area contributed by atoms with E-state index in [-0.39, 0.29) is 21.4 Å². The topological polar surface area (TPSA) is 112 Å². The highest BCUT2D eigenvalue weighted by molar-refractivity contribution is 14.1. The molecule has 9 nitrogen and oxygen atoms in total. The molecule has 0 aromatic heterocycles. The second-order valence-corrected chi connectivity index (χ2v) is 11.7. The molecule has 2 aromatic rings. The molecule has 202 valence electrons. The predicted molar refractivity (Wildman–Crippen MR) is 156 cm³/mol. The molecule has 0 aliphatic carbocycles. The van der Waals surface area contributed by atoms with E-state index in [9.17, 15) is 14.4 Å². The molecule has 0 spiro atoms. The van der Waals surface area contributed by atoms with Crippen molar-refractivity contribution in [1.29, 1.82) is 0 Å². The summed E-state index contributed by atoms with van der Waals surface area (Å²) in [5.41, 5.74) is -0.135. The van der Waals surface area contributed by atoms with E-state index in [0.717, 1.165) is 7.14 Å². The number of alkyl carbamates (subject to hydrolysis) is 1. The maximum Gasteiger partial charge on any atom is 0.408 e. The molecular weight excluding hydrogens is 753 g/mol. The lowest BCUT2D eigenvalue weighted by Gasteiger charge is -2.26. The first kappa shape index (κ1) is 31.5. The third-order valence-electron chi connectivity index (χ3n) is 4.76. The fourth-order valence-electron chi connectivity index (χ4n) is 3.23. The van der Waals surface area contributed by atoms with Gasteiger partial charge < -0.3 is 29.6 Å². The molecule has 2 rings (SSSR count). The van der Waals surface area contributed by atoms with Crippen LogP contribution in [0.4, 0.5) is 4.79 Å². The maximum absolute atomic E-state index is 13.6. The van der Waals surface area contributed by atoms with Crippen LogP contribution in [0.1, 0.15) is 44.0 Å². The van der Waals surface area contributed by atoms with E-state index < -0.39 is 35.7 Å². The molecule has 2 amide bonds. The van der Waals surface area contributed by atoms with Gasteiger partial charge in [0, 0.05) is 0 Å². The minimum Gasteiger partial charge on any atom is -0.495 e. The second kappa shape index (κ2) is 13.4. The lowest BCUT2D eigenvalue weighted by molar-refractivity contribution is -0.145. The van der Waals surface area contributed by atoms with Crippen molar-refractivity contribution in [2.75, 3.05) is 21.3 Å². The molecule has 0 aliphatic rings. The standard InChI is InChI=1S/C24H26Cl2I2N2O7/c1-24(2,3)37-23(33)30-17(11-7-13(25)19(34-4)14(26)8-11)21(31)29-18(22(32)36-6)12-9-15(27)20(35-5)16(28)10-12/h7-10,17-18H,1-6H3,(H,29,31)(H,30,33)/t17-,18-/m1/s1. The van der Waals surface area contributed by atoms with Gasteiger partial charge in [-0.05, 0) is 101 Å². The lowest BCUT2D eigenvalue weighted by Crippen LogP contribution is -2.45. The summed E-state index contributed by atoms with van der Waals surface area (Å²) in [5, 5.41) is 5.44. The maximum atomic E-state index is 13.6. The van der Waals surface area contributed by atoms with Crippen molar-refractivity contribution >= 4 is 86.4 Å². The molecule has 0 bridgehead atoms. The fourth-order valence-corrected chi connectivity index (χ4v) is 6.14. The van der Waals surface area contributed by atoms with Gasteiger partial charge in [-0.25, -0.2) is 9.59 Å². The zero-order chi connectivity index (χ0) is 28.1. The third-order valence-corrected chi connectivity index (χ3v) is 6.93. The van der Waals surface area contributed by atoms with Crippen molar-refractivity contribution in [1.82, 2.24) is 10.6 Å². The summed E-state index contributed by atoms with van der Waals surface area (Å²) >= 11 is 16.7. The van der Waals surface area contributed by atoms with E-state index in [1.54, 1.807) is 32.9 Å². The highest BCUT2D eigenvalue weighted by atomic mass is 127. The van der Waals surface area contributed by atoms with E-state index in [4.69, 9.17) is 42.1 Å². The first-order valence-electron chi connectivity index (χ1n) is 10.7. The number of hydrogen-bond acceptors (Lipinski definition) is 7. The Bertz CT molecular complexity index is 1140. The minimum atomic E-state index is -1.33. The summed E-state index contributed by atoms with van der Waals surface area (Å²) < 4.78 is 22.3. The summed E-state index contributed by atoms with van der Waals surface area (Å²) in [4.78, 5) is 39.0. The Morgan fingerprint density at radius 3 is 1.73 bits per heavy atom. The number of esters is 1. The zero-order valence-electron chi connectivity index (χ0n) is 20.8. The molecule has 0 saturated carbocycles. The smallest absolute Gasteiger partial charge is 0.408 e. The van der Waals surface area contributed by atoms with E-state index in [1.807, 2.05) is 0 Å². The molecule has 0 unspecified atom stereocenters. The highest BCUT2D eigenvalue weighted by Gasteiger charge is 2.32. The van der Waals surface area contributed by atoms with Gasteiger partial charge in [0.15, 0.2) is 11.8 Å². The van der Waals surface area contributed by atoms with Crippen molar-refractivity contribution < 1.29 is 33.3 Å². The number of nitrogens with one attached hydrogen (secondary N) is 2. The van der Waals surface area contributed by atoms with Crippen LogP contribution in [0, 0.1) is 7.14 Å². The van der Waals surface area contributed by atoms with E-state index in [0.29, 0.717) is 11.3 Å². The fraction of sp³-hybridized carbons (Fsp3) is 0.375. The minimum absolute atomic E-state index is 0.123. The number of amides is 2. The molecule has 0 aliphatic heterocycles. The highest BCUT2D eigenvalue weighted by Crippen LogP contribution is 2.36. The van der Waals surface area contributed by atoms with Gasteiger partial charge in [-0.3, -0.25) is 4.79 Å². The van der Waals surface area contributed by atoms with Gasteiger partial charge in [0.1, 0.15) is 17.4 Å².